The van der Waals surface area contributed by atoms with E-state index < -0.39 is 0 Å². The van der Waals surface area contributed by atoms with Crippen LogP contribution in [0, 0.1) is 6.92 Å². The summed E-state index contributed by atoms with van der Waals surface area (Å²) in [6.45, 7) is 3.07. The Labute approximate surface area is 88.9 Å². The average Bonchev–Trinajstić information content (AvgIpc) is 2.19. The van der Waals surface area contributed by atoms with E-state index in [1.807, 2.05) is 0 Å². The molecule has 0 amide bonds. The van der Waals surface area contributed by atoms with Crippen LogP contribution in [-0.2, 0) is 9.96 Å². The largest absolute Gasteiger partial charge is 0.375 e. The summed E-state index contributed by atoms with van der Waals surface area (Å²) < 4.78 is 5.95. The molecule has 1 aliphatic heterocycles. The molecule has 2 heteroatoms. The van der Waals surface area contributed by atoms with Crippen molar-refractivity contribution < 1.29 is 4.74 Å². The van der Waals surface area contributed by atoms with Gasteiger partial charge in [-0.2, -0.15) is 0 Å². The van der Waals surface area contributed by atoms with Gasteiger partial charge in [-0.25, -0.2) is 0 Å². The quantitative estimate of drug-likeness (QED) is 0.636. The van der Waals surface area contributed by atoms with Crippen molar-refractivity contribution >= 4 is 10.2 Å². The average molecular weight is 206 g/mol. The fourth-order valence-corrected chi connectivity index (χ4v) is 2.96. The third-order valence-corrected chi connectivity index (χ3v) is 4.50. The second-order valence-corrected chi connectivity index (χ2v) is 6.02. The van der Waals surface area contributed by atoms with Gasteiger partial charge in [0.15, 0.2) is 0 Å². The maximum absolute atomic E-state index is 5.95. The van der Waals surface area contributed by atoms with Gasteiger partial charge in [-0.3, -0.25) is 0 Å². The van der Waals surface area contributed by atoms with E-state index in [4.69, 9.17) is 4.74 Å². The van der Waals surface area contributed by atoms with Crippen LogP contribution in [0.25, 0.3) is 0 Å². The zero-order valence-electron chi connectivity index (χ0n) is 9.05. The molecule has 0 radical (unpaired) electrons. The van der Waals surface area contributed by atoms with Gasteiger partial charge in [-0.1, -0.05) is 29.8 Å². The monoisotopic (exact) mass is 206 g/mol. The minimum atomic E-state index is 0.103. The van der Waals surface area contributed by atoms with E-state index >= 15 is 0 Å². The summed E-state index contributed by atoms with van der Waals surface area (Å²) in [7, 11) is 1.09. The Morgan fingerprint density at radius 2 is 1.93 bits per heavy atom. The van der Waals surface area contributed by atoms with Crippen molar-refractivity contribution in [1.29, 1.82) is 0 Å². The van der Waals surface area contributed by atoms with Crippen molar-refractivity contribution in [1.82, 2.24) is 0 Å². The summed E-state index contributed by atoms with van der Waals surface area (Å²) in [6, 6.07) is 8.83. The zero-order chi connectivity index (χ0) is 10.0. The van der Waals surface area contributed by atoms with Crippen molar-refractivity contribution in [2.75, 3.05) is 6.61 Å². The summed E-state index contributed by atoms with van der Waals surface area (Å²) in [5.41, 5.74) is 2.71. The second-order valence-electron chi connectivity index (χ2n) is 4.40. The van der Waals surface area contributed by atoms with Gasteiger partial charge in [0.1, 0.15) is 0 Å². The van der Waals surface area contributed by atoms with Crippen LogP contribution in [0.5, 0.6) is 0 Å². The number of hydrogen-bond donors (Lipinski definition) is 0. The van der Waals surface area contributed by atoms with Crippen molar-refractivity contribution in [3.05, 3.63) is 35.4 Å². The van der Waals surface area contributed by atoms with E-state index in [2.05, 4.69) is 31.2 Å². The fourth-order valence-electron chi connectivity index (χ4n) is 2.07. The Morgan fingerprint density at radius 1 is 1.21 bits per heavy atom. The number of benzene rings is 1. The molecule has 1 aromatic carbocycles. The van der Waals surface area contributed by atoms with Gasteiger partial charge in [0.05, 0.1) is 5.22 Å². The molecule has 1 aliphatic rings. The zero-order valence-corrected chi connectivity index (χ0v) is 11.0. The maximum atomic E-state index is 5.95. The van der Waals surface area contributed by atoms with E-state index in [0.29, 0.717) is 0 Å². The number of aryl methyl sites for hydroxylation is 1. The van der Waals surface area contributed by atoms with Crippen molar-refractivity contribution in [3.63, 3.8) is 0 Å². The fraction of sp³-hybridized carbons (Fsp3) is 0.500. The summed E-state index contributed by atoms with van der Waals surface area (Å²) in [6.07, 6.45) is 3.76. The first-order valence-corrected chi connectivity index (χ1v) is 6.42. The first kappa shape index (κ1) is 9.93. The summed E-state index contributed by atoms with van der Waals surface area (Å²) >= 11 is 0. The smallest absolute Gasteiger partial charge is 0.0723 e. The van der Waals surface area contributed by atoms with E-state index in [9.17, 15) is 0 Å². The molecule has 0 saturated carbocycles. The maximum Gasteiger partial charge on any atom is 0.0723 e. The molecule has 76 valence electrons. The molecule has 1 nitrogen and oxygen atoms in total. The minimum absolute atomic E-state index is 0.103. The lowest BCUT2D eigenvalue weighted by atomic mass is 9.99. The van der Waals surface area contributed by atoms with Crippen LogP contribution in [0.1, 0.15) is 30.4 Å². The molecule has 2 rings (SSSR count). The van der Waals surface area contributed by atoms with Crippen molar-refractivity contribution in [3.8, 4) is 0 Å². The highest BCUT2D eigenvalue weighted by Crippen LogP contribution is 2.31. The first-order valence-electron chi connectivity index (χ1n) is 5.42. The van der Waals surface area contributed by atoms with Gasteiger partial charge in [-0.15, -0.1) is 0 Å². The lowest BCUT2D eigenvalue weighted by Crippen LogP contribution is -2.33. The molecule has 0 N–H and O–H groups in total. The van der Waals surface area contributed by atoms with Crippen LogP contribution < -0.4 is 0 Å². The van der Waals surface area contributed by atoms with E-state index in [0.717, 1.165) is 16.8 Å². The molecule has 0 aromatic heterocycles. The van der Waals surface area contributed by atoms with Crippen molar-refractivity contribution in [2.45, 2.75) is 31.4 Å². The molecule has 1 heterocycles. The van der Waals surface area contributed by atoms with Crippen molar-refractivity contribution in [2.24, 2.45) is 0 Å². The highest BCUT2D eigenvalue weighted by molar-refractivity contribution is 6.14. The molecule has 1 aromatic rings. The molecular formula is C12H18OSi. The second kappa shape index (κ2) is 3.87. The van der Waals surface area contributed by atoms with Crippen LogP contribution in [0.15, 0.2) is 24.3 Å². The van der Waals surface area contributed by atoms with Crippen LogP contribution in [0.4, 0.5) is 0 Å². The third kappa shape index (κ3) is 1.91. The summed E-state index contributed by atoms with van der Waals surface area (Å²) in [4.78, 5) is 0. The van der Waals surface area contributed by atoms with E-state index in [1.165, 1.54) is 30.4 Å². The normalized spacial score (nSPS) is 27.8. The molecular weight excluding hydrogens is 188 g/mol. The predicted octanol–water partition coefficient (Wildman–Crippen LogP) is 1.71. The Morgan fingerprint density at radius 3 is 2.50 bits per heavy atom. The lowest BCUT2D eigenvalue weighted by molar-refractivity contribution is -0.0210. The SMILES string of the molecule is Cc1ccc(C2([SiH3])CCCCO2)cc1. The Kier molecular flexibility index (Phi) is 2.75. The standard InChI is InChI=1S/C12H18OSi/c1-10-4-6-11(7-5-10)12(14)8-2-3-9-13-12/h4-7H,2-3,8-9H2,1,14H3. The number of ether oxygens (including phenoxy) is 1. The van der Waals surface area contributed by atoms with E-state index in [-0.39, 0.29) is 5.22 Å². The minimum Gasteiger partial charge on any atom is -0.375 e. The summed E-state index contributed by atoms with van der Waals surface area (Å²) in [5, 5.41) is 0.103. The highest BCUT2D eigenvalue weighted by atomic mass is 28.1. The predicted molar refractivity (Wildman–Crippen MR) is 62.6 cm³/mol. The molecule has 1 saturated heterocycles. The Bertz CT molecular complexity index is 299. The lowest BCUT2D eigenvalue weighted by Gasteiger charge is -2.34. The van der Waals surface area contributed by atoms with Gasteiger partial charge >= 0.3 is 0 Å². The molecule has 1 fully saturated rings. The van der Waals surface area contributed by atoms with Gasteiger partial charge in [-0.05, 0) is 31.7 Å². The van der Waals surface area contributed by atoms with Gasteiger partial charge in [0, 0.05) is 16.8 Å². The first-order chi connectivity index (χ1) is 6.71. The third-order valence-electron chi connectivity index (χ3n) is 3.13. The summed E-state index contributed by atoms with van der Waals surface area (Å²) in [5.74, 6) is 0. The number of rotatable bonds is 1. The highest BCUT2D eigenvalue weighted by Gasteiger charge is 2.29. The number of hydrogen-bond acceptors (Lipinski definition) is 1. The van der Waals surface area contributed by atoms with Crippen LogP contribution in [0.2, 0.25) is 0 Å². The van der Waals surface area contributed by atoms with Gasteiger partial charge in [0.25, 0.3) is 0 Å². The van der Waals surface area contributed by atoms with Crippen LogP contribution in [0.3, 0.4) is 0 Å². The van der Waals surface area contributed by atoms with Gasteiger partial charge in [0.2, 0.25) is 0 Å². The molecule has 0 spiro atoms. The molecule has 1 unspecified atom stereocenters. The molecule has 14 heavy (non-hydrogen) atoms. The Hall–Kier alpha value is -0.603. The van der Waals surface area contributed by atoms with E-state index in [1.54, 1.807) is 0 Å². The Balaban J connectivity index is 2.23. The van der Waals surface area contributed by atoms with Gasteiger partial charge < -0.3 is 4.74 Å². The van der Waals surface area contributed by atoms with Crippen LogP contribution in [-0.4, -0.2) is 16.8 Å². The van der Waals surface area contributed by atoms with Crippen LogP contribution >= 0.6 is 0 Å². The molecule has 0 bridgehead atoms. The topological polar surface area (TPSA) is 9.23 Å². The molecule has 1 atom stereocenters. The molecule has 0 aliphatic carbocycles.